The highest BCUT2D eigenvalue weighted by molar-refractivity contribution is 8.02. The number of aromatic nitrogens is 2. The van der Waals surface area contributed by atoms with E-state index in [1.807, 2.05) is 6.92 Å². The second-order valence-electron chi connectivity index (χ2n) is 4.75. The normalized spacial score (nSPS) is 11.8. The van der Waals surface area contributed by atoms with Gasteiger partial charge in [0.25, 0.3) is 0 Å². The van der Waals surface area contributed by atoms with Gasteiger partial charge in [0.1, 0.15) is 0 Å². The van der Waals surface area contributed by atoms with Gasteiger partial charge in [-0.25, -0.2) is 0 Å². The van der Waals surface area contributed by atoms with E-state index in [9.17, 15) is 9.59 Å². The van der Waals surface area contributed by atoms with Gasteiger partial charge in [-0.05, 0) is 32.9 Å². The lowest BCUT2D eigenvalue weighted by Gasteiger charge is -2.12. The van der Waals surface area contributed by atoms with E-state index in [0.29, 0.717) is 11.3 Å². The molecule has 23 heavy (non-hydrogen) atoms. The number of carbonyl (C=O) groups excluding carboxylic acids is 2. The molecule has 1 aromatic heterocycles. The first-order valence-electron chi connectivity index (χ1n) is 7.16. The van der Waals surface area contributed by atoms with Gasteiger partial charge in [-0.15, -0.1) is 10.2 Å². The fourth-order valence-electron chi connectivity index (χ4n) is 1.82. The molecule has 2 aromatic rings. The van der Waals surface area contributed by atoms with Gasteiger partial charge in [0.15, 0.2) is 10.1 Å². The summed E-state index contributed by atoms with van der Waals surface area (Å²) in [5, 5.41) is 14.3. The van der Waals surface area contributed by atoms with Crippen LogP contribution in [0.4, 0.5) is 10.8 Å². The molecule has 2 rings (SSSR count). The fraction of sp³-hybridized carbons (Fsp3) is 0.333. The molecule has 0 aliphatic carbocycles. The maximum absolute atomic E-state index is 12.3. The number of Topliss-reactive ketones (excluding diaryl/α,β-unsaturated/α-hetero) is 1. The second kappa shape index (κ2) is 8.07. The molecular weight excluding hydrogens is 332 g/mol. The van der Waals surface area contributed by atoms with Crippen LogP contribution in [0.25, 0.3) is 0 Å². The first-order chi connectivity index (χ1) is 11.0. The number of anilines is 2. The second-order valence-corrected chi connectivity index (χ2v) is 7.32. The van der Waals surface area contributed by atoms with E-state index >= 15 is 0 Å². The molecule has 0 aliphatic heterocycles. The molecule has 1 heterocycles. The van der Waals surface area contributed by atoms with Crippen molar-refractivity contribution in [3.8, 4) is 0 Å². The third kappa shape index (κ3) is 4.77. The monoisotopic (exact) mass is 350 g/mol. The van der Waals surface area contributed by atoms with Gasteiger partial charge in [-0.1, -0.05) is 35.2 Å². The van der Waals surface area contributed by atoms with Gasteiger partial charge >= 0.3 is 0 Å². The van der Waals surface area contributed by atoms with Crippen molar-refractivity contribution in [3.63, 3.8) is 0 Å². The van der Waals surface area contributed by atoms with Crippen LogP contribution in [-0.4, -0.2) is 33.7 Å². The number of hydrogen-bond acceptors (Lipinski definition) is 7. The summed E-state index contributed by atoms with van der Waals surface area (Å²) in [6.07, 6.45) is 0. The van der Waals surface area contributed by atoms with E-state index in [1.54, 1.807) is 31.2 Å². The van der Waals surface area contributed by atoms with Crippen LogP contribution in [0.5, 0.6) is 0 Å². The Morgan fingerprint density at radius 3 is 2.74 bits per heavy atom. The van der Waals surface area contributed by atoms with Crippen molar-refractivity contribution in [1.82, 2.24) is 10.2 Å². The van der Waals surface area contributed by atoms with Crippen molar-refractivity contribution >= 4 is 45.6 Å². The average Bonchev–Trinajstić information content (AvgIpc) is 2.95. The Labute approximate surface area is 143 Å². The number of amides is 1. The minimum Gasteiger partial charge on any atom is -0.360 e. The summed E-state index contributed by atoms with van der Waals surface area (Å²) in [5.74, 6) is -0.260. The molecule has 0 aliphatic rings. The molecule has 0 spiro atoms. The number of benzene rings is 1. The zero-order chi connectivity index (χ0) is 16.8. The molecule has 0 fully saturated rings. The third-order valence-electron chi connectivity index (χ3n) is 2.95. The van der Waals surface area contributed by atoms with Gasteiger partial charge in [-0.3, -0.25) is 9.59 Å². The van der Waals surface area contributed by atoms with E-state index in [-0.39, 0.29) is 16.9 Å². The molecular formula is C15H18N4O2S2. The summed E-state index contributed by atoms with van der Waals surface area (Å²) in [6.45, 7) is 6.03. The molecule has 122 valence electrons. The van der Waals surface area contributed by atoms with Crippen LogP contribution in [0.15, 0.2) is 28.6 Å². The Morgan fingerprint density at radius 2 is 2.04 bits per heavy atom. The largest absolute Gasteiger partial charge is 0.360 e. The zero-order valence-corrected chi connectivity index (χ0v) is 14.8. The first-order valence-corrected chi connectivity index (χ1v) is 8.85. The number of ketones is 1. The number of carbonyl (C=O) groups is 2. The van der Waals surface area contributed by atoms with E-state index in [0.717, 1.165) is 16.0 Å². The lowest BCUT2D eigenvalue weighted by atomic mass is 10.1. The lowest BCUT2D eigenvalue weighted by molar-refractivity contribution is -0.115. The molecule has 0 saturated heterocycles. The third-order valence-corrected chi connectivity index (χ3v) is 5.01. The van der Waals surface area contributed by atoms with Crippen molar-refractivity contribution in [1.29, 1.82) is 0 Å². The molecule has 0 saturated carbocycles. The number of para-hydroxylation sites is 1. The maximum Gasteiger partial charge on any atom is 0.237 e. The van der Waals surface area contributed by atoms with Crippen molar-refractivity contribution < 1.29 is 9.59 Å². The van der Waals surface area contributed by atoms with E-state index in [1.165, 1.54) is 30.0 Å². The quantitative estimate of drug-likeness (QED) is 0.589. The Hall–Kier alpha value is -1.93. The molecule has 0 bridgehead atoms. The standard InChI is InChI=1S/C15H18N4O2S2/c1-4-16-14-18-19-15(23-14)22-10(3)13(21)17-12-8-6-5-7-11(12)9(2)20/h5-8,10H,4H2,1-3H3,(H,16,18)(H,17,21)/t10-/m1/s1. The van der Waals surface area contributed by atoms with Crippen LogP contribution in [-0.2, 0) is 4.79 Å². The van der Waals surface area contributed by atoms with Gasteiger partial charge < -0.3 is 10.6 Å². The molecule has 1 amide bonds. The topological polar surface area (TPSA) is 84.0 Å². The minimum absolute atomic E-state index is 0.0828. The Bertz CT molecular complexity index is 702. The number of nitrogens with one attached hydrogen (secondary N) is 2. The number of rotatable bonds is 7. The Kier molecular flexibility index (Phi) is 6.12. The number of thioether (sulfide) groups is 1. The Morgan fingerprint density at radius 1 is 1.30 bits per heavy atom. The molecule has 1 aromatic carbocycles. The van der Waals surface area contributed by atoms with Crippen LogP contribution in [0.1, 0.15) is 31.1 Å². The van der Waals surface area contributed by atoms with Crippen LogP contribution in [0, 0.1) is 0 Å². The van der Waals surface area contributed by atoms with E-state index in [2.05, 4.69) is 20.8 Å². The van der Waals surface area contributed by atoms with Crippen molar-refractivity contribution in [2.45, 2.75) is 30.4 Å². The van der Waals surface area contributed by atoms with Crippen molar-refractivity contribution in [3.05, 3.63) is 29.8 Å². The van der Waals surface area contributed by atoms with Gasteiger partial charge in [0.2, 0.25) is 11.0 Å². The van der Waals surface area contributed by atoms with Gasteiger partial charge in [0.05, 0.1) is 10.9 Å². The highest BCUT2D eigenvalue weighted by Gasteiger charge is 2.18. The maximum atomic E-state index is 12.3. The number of hydrogen-bond donors (Lipinski definition) is 2. The molecule has 0 unspecified atom stereocenters. The number of nitrogens with zero attached hydrogens (tertiary/aromatic N) is 2. The lowest BCUT2D eigenvalue weighted by Crippen LogP contribution is -2.23. The molecule has 2 N–H and O–H groups in total. The summed E-state index contributed by atoms with van der Waals surface area (Å²) < 4.78 is 0.725. The molecule has 6 nitrogen and oxygen atoms in total. The zero-order valence-electron chi connectivity index (χ0n) is 13.1. The smallest absolute Gasteiger partial charge is 0.237 e. The molecule has 1 atom stereocenters. The van der Waals surface area contributed by atoms with Crippen molar-refractivity contribution in [2.24, 2.45) is 0 Å². The summed E-state index contributed by atoms with van der Waals surface area (Å²) in [7, 11) is 0. The minimum atomic E-state index is -0.350. The van der Waals surface area contributed by atoms with E-state index in [4.69, 9.17) is 0 Å². The molecule has 8 heteroatoms. The fourth-order valence-corrected chi connectivity index (χ4v) is 3.78. The Balaban J connectivity index is 2.01. The summed E-state index contributed by atoms with van der Waals surface area (Å²) in [6, 6.07) is 6.98. The molecule has 0 radical (unpaired) electrons. The van der Waals surface area contributed by atoms with Crippen molar-refractivity contribution in [2.75, 3.05) is 17.2 Å². The average molecular weight is 350 g/mol. The van der Waals surface area contributed by atoms with Crippen LogP contribution in [0.2, 0.25) is 0 Å². The van der Waals surface area contributed by atoms with E-state index < -0.39 is 0 Å². The van der Waals surface area contributed by atoms with Crippen LogP contribution in [0.3, 0.4) is 0 Å². The highest BCUT2D eigenvalue weighted by Crippen LogP contribution is 2.29. The van der Waals surface area contributed by atoms with Crippen LogP contribution < -0.4 is 10.6 Å². The van der Waals surface area contributed by atoms with Gasteiger partial charge in [-0.2, -0.15) is 0 Å². The SMILES string of the molecule is CCNc1nnc(S[C@H](C)C(=O)Nc2ccccc2C(C)=O)s1. The first kappa shape index (κ1) is 17.4. The summed E-state index contributed by atoms with van der Waals surface area (Å²) in [5.41, 5.74) is 1.03. The highest BCUT2D eigenvalue weighted by atomic mass is 32.2. The predicted molar refractivity (Wildman–Crippen MR) is 94.5 cm³/mol. The summed E-state index contributed by atoms with van der Waals surface area (Å²) in [4.78, 5) is 23.9. The van der Waals surface area contributed by atoms with Gasteiger partial charge in [0, 0.05) is 12.1 Å². The van der Waals surface area contributed by atoms with Crippen LogP contribution >= 0.6 is 23.1 Å². The predicted octanol–water partition coefficient (Wildman–Crippen LogP) is 3.29. The summed E-state index contributed by atoms with van der Waals surface area (Å²) >= 11 is 2.75.